The number of hydrogen-bond donors (Lipinski definition) is 1. The predicted octanol–water partition coefficient (Wildman–Crippen LogP) is 3.07. The highest BCUT2D eigenvalue weighted by Gasteiger charge is 2.29. The Morgan fingerprint density at radius 3 is 2.00 bits per heavy atom. The molecule has 0 aliphatic carbocycles. The fourth-order valence-electron chi connectivity index (χ4n) is 1.44. The van der Waals surface area contributed by atoms with E-state index in [0.717, 1.165) is 12.8 Å². The smallest absolute Gasteiger partial charge is 0.328 e. The molecule has 1 atom stereocenters. The van der Waals surface area contributed by atoms with E-state index in [-0.39, 0.29) is 0 Å². The highest BCUT2D eigenvalue weighted by atomic mass is 19.2. The average Bonchev–Trinajstić information content (AvgIpc) is 2.47. The standard InChI is InChI=1S/C13H14F5NO2/c1-3-4-5-19-6(2)13(20)21-12-10(17)8(15)7(14)9(16)11(12)18/h6,19H,3-5H2,1-2H3. The van der Waals surface area contributed by atoms with Gasteiger partial charge in [-0.3, -0.25) is 0 Å². The Balaban J connectivity index is 2.91. The minimum absolute atomic E-state index is 0.448. The van der Waals surface area contributed by atoms with E-state index in [9.17, 15) is 26.7 Å². The van der Waals surface area contributed by atoms with E-state index in [1.807, 2.05) is 6.92 Å². The van der Waals surface area contributed by atoms with Crippen LogP contribution in [-0.2, 0) is 4.79 Å². The maximum atomic E-state index is 13.3. The van der Waals surface area contributed by atoms with Gasteiger partial charge in [-0.2, -0.15) is 8.78 Å². The van der Waals surface area contributed by atoms with E-state index >= 15 is 0 Å². The molecule has 0 amide bonds. The monoisotopic (exact) mass is 311 g/mol. The number of esters is 1. The fraction of sp³-hybridized carbons (Fsp3) is 0.462. The van der Waals surface area contributed by atoms with Crippen molar-refractivity contribution in [3.05, 3.63) is 29.1 Å². The lowest BCUT2D eigenvalue weighted by Gasteiger charge is -2.14. The highest BCUT2D eigenvalue weighted by Crippen LogP contribution is 2.29. The third-order valence-corrected chi connectivity index (χ3v) is 2.71. The van der Waals surface area contributed by atoms with Crippen LogP contribution in [0.1, 0.15) is 26.7 Å². The minimum atomic E-state index is -2.31. The largest absolute Gasteiger partial charge is 0.419 e. The highest BCUT2D eigenvalue weighted by molar-refractivity contribution is 5.77. The van der Waals surface area contributed by atoms with Crippen molar-refractivity contribution in [1.29, 1.82) is 0 Å². The maximum Gasteiger partial charge on any atom is 0.328 e. The van der Waals surface area contributed by atoms with Crippen LogP contribution in [0.5, 0.6) is 5.75 Å². The zero-order valence-electron chi connectivity index (χ0n) is 11.4. The number of benzene rings is 1. The second-order valence-corrected chi connectivity index (χ2v) is 4.35. The van der Waals surface area contributed by atoms with Crippen molar-refractivity contribution in [3.8, 4) is 5.75 Å². The SMILES string of the molecule is CCCCNC(C)C(=O)Oc1c(F)c(F)c(F)c(F)c1F. The average molecular weight is 311 g/mol. The van der Waals surface area contributed by atoms with Gasteiger partial charge in [0.2, 0.25) is 34.8 Å². The van der Waals surface area contributed by atoms with Gasteiger partial charge < -0.3 is 10.1 Å². The minimum Gasteiger partial charge on any atom is -0.419 e. The number of unbranched alkanes of at least 4 members (excludes halogenated alkanes) is 1. The van der Waals surface area contributed by atoms with Crippen LogP contribution in [0.4, 0.5) is 22.0 Å². The molecule has 0 spiro atoms. The van der Waals surface area contributed by atoms with Crippen LogP contribution >= 0.6 is 0 Å². The summed E-state index contributed by atoms with van der Waals surface area (Å²) in [6.45, 7) is 3.72. The van der Waals surface area contributed by atoms with Crippen molar-refractivity contribution < 1.29 is 31.5 Å². The van der Waals surface area contributed by atoms with E-state index < -0.39 is 46.8 Å². The van der Waals surface area contributed by atoms with Crippen LogP contribution in [0, 0.1) is 29.1 Å². The van der Waals surface area contributed by atoms with E-state index in [1.165, 1.54) is 6.92 Å². The zero-order chi connectivity index (χ0) is 16.2. The van der Waals surface area contributed by atoms with E-state index in [1.54, 1.807) is 0 Å². The van der Waals surface area contributed by atoms with Gasteiger partial charge in [-0.05, 0) is 19.9 Å². The molecule has 0 aliphatic rings. The molecule has 1 rings (SSSR count). The first-order valence-electron chi connectivity index (χ1n) is 6.27. The van der Waals surface area contributed by atoms with Crippen molar-refractivity contribution in [2.45, 2.75) is 32.7 Å². The van der Waals surface area contributed by atoms with Gasteiger partial charge in [0, 0.05) is 0 Å². The molecule has 0 fully saturated rings. The van der Waals surface area contributed by atoms with Crippen molar-refractivity contribution in [2.24, 2.45) is 0 Å². The Hall–Kier alpha value is -1.70. The number of carbonyl (C=O) groups excluding carboxylic acids is 1. The lowest BCUT2D eigenvalue weighted by atomic mass is 10.2. The van der Waals surface area contributed by atoms with Gasteiger partial charge in [0.05, 0.1) is 0 Å². The van der Waals surface area contributed by atoms with Gasteiger partial charge in [-0.1, -0.05) is 13.3 Å². The van der Waals surface area contributed by atoms with Gasteiger partial charge in [0.25, 0.3) is 0 Å². The maximum absolute atomic E-state index is 13.3. The molecule has 1 aromatic carbocycles. The first kappa shape index (κ1) is 17.4. The van der Waals surface area contributed by atoms with Crippen molar-refractivity contribution >= 4 is 5.97 Å². The Labute approximate surface area is 118 Å². The molecule has 0 radical (unpaired) electrons. The molecular weight excluding hydrogens is 297 g/mol. The summed E-state index contributed by atoms with van der Waals surface area (Å²) in [5.74, 6) is -13.7. The summed E-state index contributed by atoms with van der Waals surface area (Å²) < 4.78 is 69.6. The van der Waals surface area contributed by atoms with Gasteiger partial charge in [-0.25, -0.2) is 18.0 Å². The van der Waals surface area contributed by atoms with Crippen LogP contribution in [0.25, 0.3) is 0 Å². The predicted molar refractivity (Wildman–Crippen MR) is 64.2 cm³/mol. The Morgan fingerprint density at radius 2 is 1.52 bits per heavy atom. The summed E-state index contributed by atoms with van der Waals surface area (Å²) in [6, 6.07) is -0.952. The summed E-state index contributed by atoms with van der Waals surface area (Å²) in [4.78, 5) is 11.6. The number of nitrogens with one attached hydrogen (secondary N) is 1. The van der Waals surface area contributed by atoms with Crippen molar-refractivity contribution in [1.82, 2.24) is 5.32 Å². The quantitative estimate of drug-likeness (QED) is 0.219. The molecular formula is C13H14F5NO2. The second kappa shape index (κ2) is 7.35. The van der Waals surface area contributed by atoms with Gasteiger partial charge in [-0.15, -0.1) is 0 Å². The molecule has 3 nitrogen and oxygen atoms in total. The topological polar surface area (TPSA) is 38.3 Å². The number of halogens is 5. The molecule has 118 valence electrons. The van der Waals surface area contributed by atoms with E-state index in [0.29, 0.717) is 6.54 Å². The van der Waals surface area contributed by atoms with Gasteiger partial charge in [0.1, 0.15) is 6.04 Å². The Kier molecular flexibility index (Phi) is 6.07. The van der Waals surface area contributed by atoms with Crippen LogP contribution in [0.3, 0.4) is 0 Å². The van der Waals surface area contributed by atoms with Crippen molar-refractivity contribution in [2.75, 3.05) is 6.54 Å². The lowest BCUT2D eigenvalue weighted by molar-refractivity contribution is -0.136. The molecule has 0 heterocycles. The molecule has 0 aromatic heterocycles. The van der Waals surface area contributed by atoms with Gasteiger partial charge >= 0.3 is 5.97 Å². The lowest BCUT2D eigenvalue weighted by Crippen LogP contribution is -2.37. The summed E-state index contributed by atoms with van der Waals surface area (Å²) in [5, 5.41) is 2.70. The third kappa shape index (κ3) is 3.90. The molecule has 0 aliphatic heterocycles. The fourth-order valence-corrected chi connectivity index (χ4v) is 1.44. The van der Waals surface area contributed by atoms with Crippen LogP contribution in [-0.4, -0.2) is 18.6 Å². The second-order valence-electron chi connectivity index (χ2n) is 4.35. The molecule has 0 saturated carbocycles. The number of carbonyl (C=O) groups is 1. The molecule has 8 heteroatoms. The van der Waals surface area contributed by atoms with E-state index in [4.69, 9.17) is 0 Å². The zero-order valence-corrected chi connectivity index (χ0v) is 11.4. The molecule has 1 unspecified atom stereocenters. The third-order valence-electron chi connectivity index (χ3n) is 2.71. The Morgan fingerprint density at radius 1 is 1.05 bits per heavy atom. The summed E-state index contributed by atoms with van der Waals surface area (Å²) in [7, 11) is 0. The first-order valence-corrected chi connectivity index (χ1v) is 6.27. The molecule has 1 N–H and O–H groups in total. The molecule has 21 heavy (non-hydrogen) atoms. The van der Waals surface area contributed by atoms with E-state index in [2.05, 4.69) is 10.1 Å². The molecule has 1 aromatic rings. The summed E-state index contributed by atoms with van der Waals surface area (Å²) in [5.41, 5.74) is 0. The van der Waals surface area contributed by atoms with Gasteiger partial charge in [0.15, 0.2) is 0 Å². The van der Waals surface area contributed by atoms with Crippen LogP contribution < -0.4 is 10.1 Å². The normalized spacial score (nSPS) is 12.3. The number of ether oxygens (including phenoxy) is 1. The van der Waals surface area contributed by atoms with Crippen molar-refractivity contribution in [3.63, 3.8) is 0 Å². The molecule has 0 bridgehead atoms. The summed E-state index contributed by atoms with van der Waals surface area (Å²) in [6.07, 6.45) is 1.60. The number of rotatable bonds is 6. The Bertz CT molecular complexity index is 507. The van der Waals surface area contributed by atoms with Crippen LogP contribution in [0.15, 0.2) is 0 Å². The first-order chi connectivity index (χ1) is 9.81. The molecule has 0 saturated heterocycles. The summed E-state index contributed by atoms with van der Waals surface area (Å²) >= 11 is 0. The number of hydrogen-bond acceptors (Lipinski definition) is 3. The van der Waals surface area contributed by atoms with Crippen LogP contribution in [0.2, 0.25) is 0 Å².